The first-order chi connectivity index (χ1) is 12.4. The van der Waals surface area contributed by atoms with Gasteiger partial charge in [0.1, 0.15) is 0 Å². The Hall–Kier alpha value is -3.15. The van der Waals surface area contributed by atoms with Crippen molar-refractivity contribution < 1.29 is 14.4 Å². The topological polar surface area (TPSA) is 78.5 Å². The van der Waals surface area contributed by atoms with E-state index in [9.17, 15) is 14.4 Å². The van der Waals surface area contributed by atoms with E-state index in [0.29, 0.717) is 12.2 Å². The number of aryl methyl sites for hydroxylation is 1. The van der Waals surface area contributed by atoms with Crippen molar-refractivity contribution in [3.8, 4) is 0 Å². The molecule has 0 radical (unpaired) electrons. The lowest BCUT2D eigenvalue weighted by Gasteiger charge is -2.17. The molecule has 6 nitrogen and oxygen atoms in total. The van der Waals surface area contributed by atoms with Gasteiger partial charge < -0.3 is 15.5 Å². The van der Waals surface area contributed by atoms with E-state index in [1.165, 1.54) is 6.92 Å². The Bertz CT molecular complexity index is 846. The first-order valence-electron chi connectivity index (χ1n) is 8.48. The zero-order chi connectivity index (χ0) is 18.7. The minimum Gasteiger partial charge on any atom is -0.326 e. The first-order valence-corrected chi connectivity index (χ1v) is 8.48. The Balaban J connectivity index is 1.66. The molecule has 1 aliphatic rings. The van der Waals surface area contributed by atoms with Gasteiger partial charge in [0.05, 0.1) is 5.92 Å². The van der Waals surface area contributed by atoms with Crippen molar-refractivity contribution in [2.75, 3.05) is 22.1 Å². The second kappa shape index (κ2) is 7.39. The quantitative estimate of drug-likeness (QED) is 0.889. The third-order valence-electron chi connectivity index (χ3n) is 4.28. The van der Waals surface area contributed by atoms with Crippen molar-refractivity contribution in [2.24, 2.45) is 5.92 Å². The average molecular weight is 351 g/mol. The average Bonchev–Trinajstić information content (AvgIpc) is 2.97. The van der Waals surface area contributed by atoms with Crippen LogP contribution in [0.25, 0.3) is 0 Å². The molecule has 2 aromatic rings. The van der Waals surface area contributed by atoms with Gasteiger partial charge in [-0.05, 0) is 48.9 Å². The van der Waals surface area contributed by atoms with Gasteiger partial charge in [-0.15, -0.1) is 0 Å². The van der Waals surface area contributed by atoms with Crippen molar-refractivity contribution >= 4 is 34.8 Å². The van der Waals surface area contributed by atoms with Crippen molar-refractivity contribution in [3.05, 3.63) is 54.1 Å². The number of anilines is 3. The molecule has 0 saturated carbocycles. The van der Waals surface area contributed by atoms with Crippen LogP contribution in [-0.2, 0) is 14.4 Å². The van der Waals surface area contributed by atoms with Crippen molar-refractivity contribution in [2.45, 2.75) is 20.3 Å². The van der Waals surface area contributed by atoms with Gasteiger partial charge >= 0.3 is 0 Å². The van der Waals surface area contributed by atoms with Gasteiger partial charge in [0.2, 0.25) is 17.7 Å². The standard InChI is InChI=1S/C20H21N3O3/c1-13-4-3-5-17(10-13)22-20(26)15-11-19(25)23(12-15)18-8-6-16(7-9-18)21-14(2)24/h3-10,15H,11-12H2,1-2H3,(H,21,24)(H,22,26). The molecule has 0 aliphatic carbocycles. The predicted molar refractivity (Wildman–Crippen MR) is 101 cm³/mol. The van der Waals surface area contributed by atoms with Crippen molar-refractivity contribution in [1.29, 1.82) is 0 Å². The Kier molecular flexibility index (Phi) is 5.02. The van der Waals surface area contributed by atoms with E-state index in [2.05, 4.69) is 10.6 Å². The van der Waals surface area contributed by atoms with Crippen molar-refractivity contribution in [3.63, 3.8) is 0 Å². The molecule has 0 bridgehead atoms. The normalized spacial score (nSPS) is 16.5. The third kappa shape index (κ3) is 4.08. The summed E-state index contributed by atoms with van der Waals surface area (Å²) in [6, 6.07) is 14.6. The van der Waals surface area contributed by atoms with Gasteiger partial charge in [0.15, 0.2) is 0 Å². The fourth-order valence-corrected chi connectivity index (χ4v) is 3.03. The zero-order valence-electron chi connectivity index (χ0n) is 14.8. The van der Waals surface area contributed by atoms with E-state index in [1.54, 1.807) is 29.2 Å². The SMILES string of the molecule is CC(=O)Nc1ccc(N2CC(C(=O)Nc3cccc(C)c3)CC2=O)cc1. The van der Waals surface area contributed by atoms with Gasteiger partial charge in [-0.25, -0.2) is 0 Å². The molecule has 0 spiro atoms. The zero-order valence-corrected chi connectivity index (χ0v) is 14.8. The Labute approximate surface area is 152 Å². The molecule has 2 N–H and O–H groups in total. The summed E-state index contributed by atoms with van der Waals surface area (Å²) in [4.78, 5) is 37.5. The minimum atomic E-state index is -0.391. The van der Waals surface area contributed by atoms with Crippen LogP contribution in [-0.4, -0.2) is 24.3 Å². The molecule has 3 amide bonds. The molecule has 1 heterocycles. The van der Waals surface area contributed by atoms with Crippen LogP contribution in [0.1, 0.15) is 18.9 Å². The van der Waals surface area contributed by atoms with Crippen LogP contribution in [0.2, 0.25) is 0 Å². The lowest BCUT2D eigenvalue weighted by atomic mass is 10.1. The van der Waals surface area contributed by atoms with Gasteiger partial charge in [0.25, 0.3) is 0 Å². The molecule has 6 heteroatoms. The monoisotopic (exact) mass is 351 g/mol. The molecule has 1 aliphatic heterocycles. The molecular weight excluding hydrogens is 330 g/mol. The highest BCUT2D eigenvalue weighted by Gasteiger charge is 2.35. The molecule has 3 rings (SSSR count). The highest BCUT2D eigenvalue weighted by Crippen LogP contribution is 2.27. The number of nitrogens with one attached hydrogen (secondary N) is 2. The molecule has 2 aromatic carbocycles. The van der Waals surface area contributed by atoms with Gasteiger partial charge in [0, 0.05) is 37.0 Å². The van der Waals surface area contributed by atoms with Gasteiger partial charge in [-0.1, -0.05) is 12.1 Å². The van der Waals surface area contributed by atoms with Crippen LogP contribution in [0.5, 0.6) is 0 Å². The molecule has 1 atom stereocenters. The van der Waals surface area contributed by atoms with E-state index in [1.807, 2.05) is 31.2 Å². The maximum absolute atomic E-state index is 12.5. The van der Waals surface area contributed by atoms with E-state index >= 15 is 0 Å². The van der Waals surface area contributed by atoms with Crippen LogP contribution in [0.4, 0.5) is 17.1 Å². The highest BCUT2D eigenvalue weighted by atomic mass is 16.2. The third-order valence-corrected chi connectivity index (χ3v) is 4.28. The molecule has 1 fully saturated rings. The fourth-order valence-electron chi connectivity index (χ4n) is 3.03. The summed E-state index contributed by atoms with van der Waals surface area (Å²) in [5.74, 6) is -0.774. The summed E-state index contributed by atoms with van der Waals surface area (Å²) in [7, 11) is 0. The van der Waals surface area contributed by atoms with E-state index in [4.69, 9.17) is 0 Å². The molecule has 134 valence electrons. The van der Waals surface area contributed by atoms with Crippen LogP contribution >= 0.6 is 0 Å². The second-order valence-electron chi connectivity index (χ2n) is 6.49. The van der Waals surface area contributed by atoms with Crippen LogP contribution < -0.4 is 15.5 Å². The van der Waals surface area contributed by atoms with Crippen LogP contribution in [0.3, 0.4) is 0 Å². The second-order valence-corrected chi connectivity index (χ2v) is 6.49. The Morgan fingerprint density at radius 3 is 2.42 bits per heavy atom. The maximum atomic E-state index is 12.5. The maximum Gasteiger partial charge on any atom is 0.229 e. The smallest absolute Gasteiger partial charge is 0.229 e. The molecule has 1 saturated heterocycles. The lowest BCUT2D eigenvalue weighted by molar-refractivity contribution is -0.122. The van der Waals surface area contributed by atoms with Crippen molar-refractivity contribution in [1.82, 2.24) is 0 Å². The first kappa shape index (κ1) is 17.7. The van der Waals surface area contributed by atoms with Crippen LogP contribution in [0, 0.1) is 12.8 Å². The number of carbonyl (C=O) groups is 3. The number of hydrogen-bond donors (Lipinski definition) is 2. The summed E-state index contributed by atoms with van der Waals surface area (Å²) < 4.78 is 0. The summed E-state index contributed by atoms with van der Waals surface area (Å²) in [5, 5.41) is 5.57. The van der Waals surface area contributed by atoms with Gasteiger partial charge in [-0.3, -0.25) is 14.4 Å². The number of carbonyl (C=O) groups excluding carboxylic acids is 3. The lowest BCUT2D eigenvalue weighted by Crippen LogP contribution is -2.28. The summed E-state index contributed by atoms with van der Waals surface area (Å²) in [6.07, 6.45) is 0.186. The fraction of sp³-hybridized carbons (Fsp3) is 0.250. The van der Waals surface area contributed by atoms with E-state index in [-0.39, 0.29) is 24.1 Å². The predicted octanol–water partition coefficient (Wildman–Crippen LogP) is 2.95. The summed E-state index contributed by atoms with van der Waals surface area (Å²) in [5.41, 5.74) is 3.18. The highest BCUT2D eigenvalue weighted by molar-refractivity contribution is 6.03. The number of nitrogens with zero attached hydrogens (tertiary/aromatic N) is 1. The number of hydrogen-bond acceptors (Lipinski definition) is 3. The Morgan fingerprint density at radius 2 is 1.77 bits per heavy atom. The number of benzene rings is 2. The summed E-state index contributed by atoms with van der Waals surface area (Å²) in [6.45, 7) is 3.74. The molecule has 0 aromatic heterocycles. The Morgan fingerprint density at radius 1 is 1.04 bits per heavy atom. The van der Waals surface area contributed by atoms with E-state index < -0.39 is 5.92 Å². The summed E-state index contributed by atoms with van der Waals surface area (Å²) >= 11 is 0. The molecule has 26 heavy (non-hydrogen) atoms. The number of amides is 3. The molecular formula is C20H21N3O3. The van der Waals surface area contributed by atoms with Gasteiger partial charge in [-0.2, -0.15) is 0 Å². The van der Waals surface area contributed by atoms with E-state index in [0.717, 1.165) is 16.9 Å². The number of rotatable bonds is 4. The van der Waals surface area contributed by atoms with Crippen LogP contribution in [0.15, 0.2) is 48.5 Å². The molecule has 1 unspecified atom stereocenters. The minimum absolute atomic E-state index is 0.0818. The largest absolute Gasteiger partial charge is 0.326 e.